The number of ether oxygens (including phenoxy) is 2. The third-order valence-electron chi connectivity index (χ3n) is 6.72. The number of fused-ring (bicyclic) bond motifs is 1. The number of carbonyl (C=O) groups is 3. The first-order chi connectivity index (χ1) is 19.6. The maximum atomic E-state index is 13.1. The Balaban J connectivity index is 0.000000507. The van der Waals surface area contributed by atoms with Crippen molar-refractivity contribution in [3.05, 3.63) is 58.6 Å². The largest absolute Gasteiger partial charge is 0.496 e. The Bertz CT molecular complexity index is 1400. The Morgan fingerprint density at radius 2 is 1.88 bits per heavy atom. The van der Waals surface area contributed by atoms with Crippen LogP contribution >= 0.6 is 11.6 Å². The summed E-state index contributed by atoms with van der Waals surface area (Å²) < 4.78 is 10.0. The van der Waals surface area contributed by atoms with Gasteiger partial charge in [-0.25, -0.2) is 9.78 Å². The number of esters is 1. The van der Waals surface area contributed by atoms with E-state index in [1.54, 1.807) is 50.1 Å². The number of benzene rings is 2. The number of amides is 2. The lowest BCUT2D eigenvalue weighted by Gasteiger charge is -2.38. The molecule has 0 spiro atoms. The standard InChI is InChI=1S/C24H25ClN4O4.C6H12O2/c1-14-13-28(7-8-29(14)24(31)32)23(30)16-3-5-18-19(25)11-20(27-21(18)10-16)15-4-6-22(33-2)17(9-15)12-26;1-3-5-8-6(7)4-2/h3-6,9-11,14H,7-8,12-13,26H2,1-2H3,(H,31,32);3-5H2,1-2H3/t14-;/m1./s1. The molecule has 4 rings (SSSR count). The highest BCUT2D eigenvalue weighted by Gasteiger charge is 2.30. The van der Waals surface area contributed by atoms with Gasteiger partial charge in [-0.15, -0.1) is 0 Å². The van der Waals surface area contributed by atoms with Crippen molar-refractivity contribution in [2.75, 3.05) is 33.4 Å². The van der Waals surface area contributed by atoms with Crippen LogP contribution in [0.5, 0.6) is 5.75 Å². The number of hydrogen-bond donors (Lipinski definition) is 2. The summed E-state index contributed by atoms with van der Waals surface area (Å²) in [6.45, 7) is 7.41. The fourth-order valence-corrected chi connectivity index (χ4v) is 4.75. The van der Waals surface area contributed by atoms with Gasteiger partial charge < -0.3 is 30.1 Å². The first-order valence-corrected chi connectivity index (χ1v) is 13.9. The summed E-state index contributed by atoms with van der Waals surface area (Å²) in [5.41, 5.74) is 9.29. The van der Waals surface area contributed by atoms with Crippen molar-refractivity contribution < 1.29 is 29.0 Å². The van der Waals surface area contributed by atoms with Crippen LogP contribution in [0.2, 0.25) is 5.02 Å². The van der Waals surface area contributed by atoms with Crippen molar-refractivity contribution in [2.45, 2.75) is 46.2 Å². The SMILES string of the molecule is CCCOC(=O)CC.COc1ccc(-c2cc(Cl)c3ccc(C(=O)N4CCN(C(=O)O)[C@H](C)C4)cc3n2)cc1CN. The van der Waals surface area contributed by atoms with Gasteiger partial charge in [0, 0.05) is 60.7 Å². The summed E-state index contributed by atoms with van der Waals surface area (Å²) in [5, 5.41) is 10.5. The van der Waals surface area contributed by atoms with E-state index < -0.39 is 6.09 Å². The molecule has 1 atom stereocenters. The predicted molar refractivity (Wildman–Crippen MR) is 158 cm³/mol. The smallest absolute Gasteiger partial charge is 0.407 e. The van der Waals surface area contributed by atoms with Gasteiger partial charge in [0.15, 0.2) is 0 Å². The fourth-order valence-electron chi connectivity index (χ4n) is 4.49. The molecule has 1 aliphatic rings. The Morgan fingerprint density at radius 1 is 1.12 bits per heavy atom. The molecule has 2 aromatic carbocycles. The van der Waals surface area contributed by atoms with Crippen molar-refractivity contribution in [2.24, 2.45) is 5.73 Å². The number of nitrogens with two attached hydrogens (primary N) is 1. The van der Waals surface area contributed by atoms with E-state index in [9.17, 15) is 19.5 Å². The number of aromatic nitrogens is 1. The van der Waals surface area contributed by atoms with Crippen LogP contribution in [0, 0.1) is 0 Å². The first kappa shape index (κ1) is 31.6. The second kappa shape index (κ2) is 14.7. The van der Waals surface area contributed by atoms with Gasteiger partial charge in [-0.3, -0.25) is 9.59 Å². The maximum Gasteiger partial charge on any atom is 0.407 e. The molecule has 1 saturated heterocycles. The molecule has 3 N–H and O–H groups in total. The van der Waals surface area contributed by atoms with Crippen LogP contribution in [-0.2, 0) is 16.1 Å². The van der Waals surface area contributed by atoms with Gasteiger partial charge in [-0.05, 0) is 49.7 Å². The number of nitrogens with zero attached hydrogens (tertiary/aromatic N) is 3. The summed E-state index contributed by atoms with van der Waals surface area (Å²) in [5.74, 6) is 0.442. The zero-order valence-electron chi connectivity index (χ0n) is 23.9. The molecule has 1 aromatic heterocycles. The Kier molecular flexibility index (Phi) is 11.3. The van der Waals surface area contributed by atoms with E-state index in [1.165, 1.54) is 4.90 Å². The van der Waals surface area contributed by atoms with Crippen molar-refractivity contribution in [3.63, 3.8) is 0 Å². The zero-order valence-corrected chi connectivity index (χ0v) is 24.6. The monoisotopic (exact) mass is 584 g/mol. The highest BCUT2D eigenvalue weighted by Crippen LogP contribution is 2.31. The molecule has 1 aliphatic heterocycles. The van der Waals surface area contributed by atoms with Crippen molar-refractivity contribution in [1.82, 2.24) is 14.8 Å². The Labute approximate surface area is 245 Å². The van der Waals surface area contributed by atoms with E-state index in [0.29, 0.717) is 60.2 Å². The zero-order chi connectivity index (χ0) is 30.1. The van der Waals surface area contributed by atoms with Crippen LogP contribution in [0.1, 0.15) is 49.5 Å². The average molecular weight is 585 g/mol. The molecular weight excluding hydrogens is 548 g/mol. The highest BCUT2D eigenvalue weighted by molar-refractivity contribution is 6.35. The number of piperazine rings is 1. The minimum absolute atomic E-state index is 0.105. The lowest BCUT2D eigenvalue weighted by Crippen LogP contribution is -2.55. The minimum atomic E-state index is -0.969. The fraction of sp³-hybridized carbons (Fsp3) is 0.400. The van der Waals surface area contributed by atoms with Gasteiger partial charge in [0.25, 0.3) is 5.91 Å². The number of methoxy groups -OCH3 is 1. The van der Waals surface area contributed by atoms with Crippen LogP contribution in [0.15, 0.2) is 42.5 Å². The molecule has 0 aliphatic carbocycles. The average Bonchev–Trinajstić information content (AvgIpc) is 2.98. The Hall–Kier alpha value is -3.89. The molecular formula is C30H37ClN4O6. The normalized spacial score (nSPS) is 14.7. The van der Waals surface area contributed by atoms with Crippen LogP contribution in [0.4, 0.5) is 4.79 Å². The van der Waals surface area contributed by atoms with E-state index in [4.69, 9.17) is 31.8 Å². The van der Waals surface area contributed by atoms with Crippen molar-refractivity contribution in [1.29, 1.82) is 0 Å². The van der Waals surface area contributed by atoms with Crippen LogP contribution in [0.25, 0.3) is 22.2 Å². The molecule has 3 aromatic rings. The summed E-state index contributed by atoms with van der Waals surface area (Å²) in [7, 11) is 1.60. The van der Waals surface area contributed by atoms with E-state index in [0.717, 1.165) is 22.9 Å². The lowest BCUT2D eigenvalue weighted by molar-refractivity contribution is -0.143. The molecule has 11 heteroatoms. The number of carbonyl (C=O) groups excluding carboxylic acids is 2. The van der Waals surface area contributed by atoms with E-state index in [1.807, 2.05) is 25.1 Å². The van der Waals surface area contributed by atoms with E-state index in [-0.39, 0.29) is 24.5 Å². The number of rotatable bonds is 7. The van der Waals surface area contributed by atoms with Gasteiger partial charge in [-0.1, -0.05) is 31.5 Å². The molecule has 10 nitrogen and oxygen atoms in total. The third kappa shape index (κ3) is 7.86. The molecule has 41 heavy (non-hydrogen) atoms. The molecule has 220 valence electrons. The number of hydrogen-bond acceptors (Lipinski definition) is 7. The maximum absolute atomic E-state index is 13.1. The van der Waals surface area contributed by atoms with Gasteiger partial charge >= 0.3 is 12.1 Å². The lowest BCUT2D eigenvalue weighted by atomic mass is 10.0. The summed E-state index contributed by atoms with van der Waals surface area (Å²) in [6.07, 6.45) is 0.425. The summed E-state index contributed by atoms with van der Waals surface area (Å²) in [4.78, 5) is 42.6. The van der Waals surface area contributed by atoms with Crippen LogP contribution in [-0.4, -0.2) is 77.3 Å². The minimum Gasteiger partial charge on any atom is -0.496 e. The van der Waals surface area contributed by atoms with E-state index >= 15 is 0 Å². The molecule has 0 bridgehead atoms. The second-order valence-electron chi connectivity index (χ2n) is 9.60. The first-order valence-electron chi connectivity index (χ1n) is 13.6. The second-order valence-corrected chi connectivity index (χ2v) is 10.0. The summed E-state index contributed by atoms with van der Waals surface area (Å²) >= 11 is 6.54. The van der Waals surface area contributed by atoms with Crippen LogP contribution in [0.3, 0.4) is 0 Å². The molecule has 0 unspecified atom stereocenters. The number of halogens is 1. The van der Waals surface area contributed by atoms with Gasteiger partial charge in [0.1, 0.15) is 5.75 Å². The summed E-state index contributed by atoms with van der Waals surface area (Å²) in [6, 6.07) is 12.4. The molecule has 2 amide bonds. The van der Waals surface area contributed by atoms with E-state index in [2.05, 4.69) is 0 Å². The molecule has 1 fully saturated rings. The molecule has 0 saturated carbocycles. The number of pyridine rings is 1. The van der Waals surface area contributed by atoms with Crippen molar-refractivity contribution >= 4 is 40.5 Å². The quantitative estimate of drug-likeness (QED) is 0.362. The Morgan fingerprint density at radius 3 is 2.49 bits per heavy atom. The van der Waals surface area contributed by atoms with Gasteiger partial charge in [0.05, 0.1) is 29.9 Å². The van der Waals surface area contributed by atoms with Gasteiger partial charge in [-0.2, -0.15) is 0 Å². The van der Waals surface area contributed by atoms with Crippen molar-refractivity contribution in [3.8, 4) is 17.0 Å². The topological polar surface area (TPSA) is 135 Å². The van der Waals surface area contributed by atoms with Crippen LogP contribution < -0.4 is 10.5 Å². The highest BCUT2D eigenvalue weighted by atomic mass is 35.5. The number of carboxylic acid groups (broad SMARTS) is 1. The predicted octanol–water partition coefficient (Wildman–Crippen LogP) is 5.20. The third-order valence-corrected chi connectivity index (χ3v) is 7.03. The molecule has 0 radical (unpaired) electrons. The molecule has 2 heterocycles. The van der Waals surface area contributed by atoms with Gasteiger partial charge in [0.2, 0.25) is 0 Å².